The van der Waals surface area contributed by atoms with Crippen molar-refractivity contribution in [1.82, 2.24) is 4.98 Å². The van der Waals surface area contributed by atoms with Crippen molar-refractivity contribution >= 4 is 28.2 Å². The molecule has 1 aliphatic carbocycles. The molecule has 1 amide bonds. The molecule has 4 rings (SSSR count). The predicted octanol–water partition coefficient (Wildman–Crippen LogP) is 3.78. The summed E-state index contributed by atoms with van der Waals surface area (Å²) in [5.41, 5.74) is 2.82. The van der Waals surface area contributed by atoms with E-state index in [1.165, 1.54) is 5.56 Å². The first kappa shape index (κ1) is 19.1. The lowest BCUT2D eigenvalue weighted by Gasteiger charge is -2.30. The molecule has 2 aliphatic rings. The minimum atomic E-state index is -0.769. The van der Waals surface area contributed by atoms with E-state index in [0.717, 1.165) is 37.8 Å². The van der Waals surface area contributed by atoms with Gasteiger partial charge in [0.25, 0.3) is 5.91 Å². The van der Waals surface area contributed by atoms with Gasteiger partial charge in [-0.2, -0.15) is 0 Å². The molecule has 6 heteroatoms. The van der Waals surface area contributed by atoms with E-state index in [1.807, 2.05) is 42.2 Å². The molecule has 1 aliphatic heterocycles. The number of nitrogens with zero attached hydrogens (tertiary/aromatic N) is 2. The number of anilines is 2. The summed E-state index contributed by atoms with van der Waals surface area (Å²) >= 11 is 0. The van der Waals surface area contributed by atoms with E-state index in [9.17, 15) is 9.00 Å². The molecule has 148 valence electrons. The van der Waals surface area contributed by atoms with Gasteiger partial charge < -0.3 is 10.2 Å². The van der Waals surface area contributed by atoms with Gasteiger partial charge in [-0.1, -0.05) is 31.5 Å². The number of benzene rings is 1. The standard InChI is InChI=1S/C22H27N3O2S/c1-2-28(27)18-9-5-8-17(15-18)24-21-19(10-6-13-23-21)22(26)25-14-12-16-7-3-4-11-20(16)25/h3-4,6-7,10-11,13,17-18H,2,5,8-9,12,14-15H2,1H3,(H,23,24). The first-order valence-electron chi connectivity index (χ1n) is 10.2. The molecule has 1 fully saturated rings. The van der Waals surface area contributed by atoms with Crippen molar-refractivity contribution in [3.8, 4) is 0 Å². The summed E-state index contributed by atoms with van der Waals surface area (Å²) in [6.45, 7) is 2.68. The number of para-hydroxylation sites is 1. The molecular formula is C22H27N3O2S. The van der Waals surface area contributed by atoms with Crippen LogP contribution in [0.25, 0.3) is 0 Å². The number of hydrogen-bond acceptors (Lipinski definition) is 4. The number of fused-ring (bicyclic) bond motifs is 1. The van der Waals surface area contributed by atoms with Crippen LogP contribution >= 0.6 is 0 Å². The zero-order valence-electron chi connectivity index (χ0n) is 16.3. The zero-order valence-corrected chi connectivity index (χ0v) is 17.1. The second kappa shape index (κ2) is 8.43. The molecule has 1 saturated carbocycles. The van der Waals surface area contributed by atoms with Crippen LogP contribution in [0.15, 0.2) is 42.6 Å². The molecule has 0 spiro atoms. The number of carbonyl (C=O) groups is 1. The van der Waals surface area contributed by atoms with Crippen LogP contribution in [-0.4, -0.2) is 38.7 Å². The number of amides is 1. The van der Waals surface area contributed by atoms with Crippen LogP contribution in [0.4, 0.5) is 11.5 Å². The van der Waals surface area contributed by atoms with Gasteiger partial charge in [-0.25, -0.2) is 4.98 Å². The van der Waals surface area contributed by atoms with Crippen molar-refractivity contribution in [3.05, 3.63) is 53.7 Å². The van der Waals surface area contributed by atoms with E-state index in [4.69, 9.17) is 0 Å². The Hall–Kier alpha value is -2.21. The third-order valence-electron chi connectivity index (χ3n) is 5.79. The lowest BCUT2D eigenvalue weighted by molar-refractivity contribution is 0.0990. The van der Waals surface area contributed by atoms with Gasteiger partial charge in [0.1, 0.15) is 5.82 Å². The lowest BCUT2D eigenvalue weighted by Crippen LogP contribution is -2.35. The zero-order chi connectivity index (χ0) is 19.5. The molecule has 1 aromatic carbocycles. The summed E-state index contributed by atoms with van der Waals surface area (Å²) in [6.07, 6.45) is 6.59. The highest BCUT2D eigenvalue weighted by Crippen LogP contribution is 2.31. The maximum Gasteiger partial charge on any atom is 0.262 e. The monoisotopic (exact) mass is 397 g/mol. The first-order valence-corrected chi connectivity index (χ1v) is 11.5. The van der Waals surface area contributed by atoms with Crippen LogP contribution in [0.2, 0.25) is 0 Å². The van der Waals surface area contributed by atoms with Gasteiger partial charge in [-0.3, -0.25) is 9.00 Å². The summed E-state index contributed by atoms with van der Waals surface area (Å²) in [5, 5.41) is 3.73. The van der Waals surface area contributed by atoms with Crippen LogP contribution < -0.4 is 10.2 Å². The second-order valence-corrected chi connectivity index (χ2v) is 9.54. The normalized spacial score (nSPS) is 22.5. The Labute approximate surface area is 169 Å². The van der Waals surface area contributed by atoms with Gasteiger partial charge in [0.05, 0.1) is 5.56 Å². The van der Waals surface area contributed by atoms with Crippen LogP contribution in [0, 0.1) is 0 Å². The molecule has 28 heavy (non-hydrogen) atoms. The third kappa shape index (κ3) is 3.83. The molecule has 0 radical (unpaired) electrons. The Bertz CT molecular complexity index is 886. The minimum Gasteiger partial charge on any atom is -0.367 e. The molecule has 3 atom stereocenters. The van der Waals surface area contributed by atoms with E-state index in [1.54, 1.807) is 6.20 Å². The molecule has 0 saturated heterocycles. The highest BCUT2D eigenvalue weighted by molar-refractivity contribution is 7.85. The van der Waals surface area contributed by atoms with E-state index < -0.39 is 10.8 Å². The average Bonchev–Trinajstić information content (AvgIpc) is 3.17. The van der Waals surface area contributed by atoms with Gasteiger partial charge in [0.2, 0.25) is 0 Å². The maximum atomic E-state index is 13.3. The topological polar surface area (TPSA) is 62.3 Å². The fraction of sp³-hybridized carbons (Fsp3) is 0.455. The minimum absolute atomic E-state index is 0.00922. The van der Waals surface area contributed by atoms with E-state index in [-0.39, 0.29) is 17.2 Å². The predicted molar refractivity (Wildman–Crippen MR) is 114 cm³/mol. The van der Waals surface area contributed by atoms with Crippen molar-refractivity contribution in [2.24, 2.45) is 0 Å². The number of carbonyl (C=O) groups excluding carboxylic acids is 1. The fourth-order valence-corrected chi connectivity index (χ4v) is 5.68. The van der Waals surface area contributed by atoms with Gasteiger partial charge in [0, 0.05) is 46.3 Å². The fourth-order valence-electron chi connectivity index (χ4n) is 4.33. The molecular weight excluding hydrogens is 370 g/mol. The lowest BCUT2D eigenvalue weighted by atomic mass is 9.95. The molecule has 0 bridgehead atoms. The summed E-state index contributed by atoms with van der Waals surface area (Å²) in [4.78, 5) is 19.6. The van der Waals surface area contributed by atoms with Crippen molar-refractivity contribution in [2.45, 2.75) is 50.3 Å². The van der Waals surface area contributed by atoms with Crippen molar-refractivity contribution in [1.29, 1.82) is 0 Å². The molecule has 2 heterocycles. The van der Waals surface area contributed by atoms with Crippen molar-refractivity contribution < 1.29 is 9.00 Å². The van der Waals surface area contributed by atoms with E-state index in [0.29, 0.717) is 23.7 Å². The number of hydrogen-bond donors (Lipinski definition) is 1. The third-order valence-corrected chi connectivity index (χ3v) is 7.53. The van der Waals surface area contributed by atoms with Crippen molar-refractivity contribution in [2.75, 3.05) is 22.5 Å². The largest absolute Gasteiger partial charge is 0.367 e. The van der Waals surface area contributed by atoms with Crippen LogP contribution in [0.1, 0.15) is 48.5 Å². The van der Waals surface area contributed by atoms with E-state index in [2.05, 4.69) is 16.4 Å². The van der Waals surface area contributed by atoms with Gasteiger partial charge in [-0.05, 0) is 49.4 Å². The van der Waals surface area contributed by atoms with Crippen LogP contribution in [-0.2, 0) is 17.2 Å². The number of nitrogens with one attached hydrogen (secondary N) is 1. The second-order valence-electron chi connectivity index (χ2n) is 7.53. The van der Waals surface area contributed by atoms with Crippen molar-refractivity contribution in [3.63, 3.8) is 0 Å². The van der Waals surface area contributed by atoms with Crippen LogP contribution in [0.5, 0.6) is 0 Å². The highest BCUT2D eigenvalue weighted by Gasteiger charge is 2.29. The van der Waals surface area contributed by atoms with E-state index >= 15 is 0 Å². The molecule has 2 aromatic rings. The molecule has 3 unspecified atom stereocenters. The number of aromatic nitrogens is 1. The average molecular weight is 398 g/mol. The Kier molecular flexibility index (Phi) is 5.76. The quantitative estimate of drug-likeness (QED) is 0.834. The first-order chi connectivity index (χ1) is 13.7. The molecule has 5 nitrogen and oxygen atoms in total. The SMILES string of the molecule is CCS(=O)C1CCCC(Nc2ncccc2C(=O)N2CCc3ccccc32)C1. The Balaban J connectivity index is 1.53. The Morgan fingerprint density at radius 3 is 2.96 bits per heavy atom. The smallest absolute Gasteiger partial charge is 0.262 e. The molecule has 1 aromatic heterocycles. The number of pyridine rings is 1. The van der Waals surface area contributed by atoms with Gasteiger partial charge in [0.15, 0.2) is 0 Å². The number of rotatable bonds is 5. The molecule has 1 N–H and O–H groups in total. The summed E-state index contributed by atoms with van der Waals surface area (Å²) < 4.78 is 12.2. The maximum absolute atomic E-state index is 13.3. The summed E-state index contributed by atoms with van der Waals surface area (Å²) in [7, 11) is -0.769. The summed E-state index contributed by atoms with van der Waals surface area (Å²) in [5.74, 6) is 1.34. The Morgan fingerprint density at radius 1 is 1.25 bits per heavy atom. The van der Waals surface area contributed by atoms with Gasteiger partial charge in [-0.15, -0.1) is 0 Å². The summed E-state index contributed by atoms with van der Waals surface area (Å²) in [6, 6.07) is 12.0. The van der Waals surface area contributed by atoms with Gasteiger partial charge >= 0.3 is 0 Å². The Morgan fingerprint density at radius 2 is 2.11 bits per heavy atom. The highest BCUT2D eigenvalue weighted by atomic mass is 32.2. The van der Waals surface area contributed by atoms with Crippen LogP contribution in [0.3, 0.4) is 0 Å².